The van der Waals surface area contributed by atoms with Crippen molar-refractivity contribution in [2.75, 3.05) is 24.6 Å². The van der Waals surface area contributed by atoms with Crippen molar-refractivity contribution in [2.45, 2.75) is 18.4 Å². The van der Waals surface area contributed by atoms with Gasteiger partial charge in [-0.05, 0) is 5.56 Å². The van der Waals surface area contributed by atoms with Crippen LogP contribution in [0.2, 0.25) is 0 Å². The number of β-amino-alcohol motifs (C(OH)–C–C–N with tert-alkyl or cyclic N) is 1. The molecule has 7 heteroatoms. The number of rotatable bonds is 6. The van der Waals surface area contributed by atoms with E-state index in [4.69, 9.17) is 5.73 Å². The van der Waals surface area contributed by atoms with Crippen LogP contribution in [0.5, 0.6) is 0 Å². The fraction of sp³-hybridized carbons (Fsp3) is 0.368. The molecule has 0 saturated carbocycles. The molecule has 4 rings (SSSR count). The molecule has 4 N–H and O–H groups in total. The van der Waals surface area contributed by atoms with Gasteiger partial charge >= 0.3 is 0 Å². The first kappa shape index (κ1) is 17.3. The second-order valence-corrected chi connectivity index (χ2v) is 7.85. The Morgan fingerprint density at radius 1 is 1.23 bits per heavy atom. The number of nitrogens with two attached hydrogens (primary N) is 1. The second-order valence-electron chi connectivity index (χ2n) is 6.82. The number of H-pyrrole nitrogens is 1. The van der Waals surface area contributed by atoms with Crippen LogP contribution in [-0.2, 0) is 12.3 Å². The molecule has 1 aliphatic rings. The largest absolute Gasteiger partial charge is 0.391 e. The Morgan fingerprint density at radius 2 is 2.08 bits per heavy atom. The van der Waals surface area contributed by atoms with Gasteiger partial charge in [0, 0.05) is 48.8 Å². The number of hydrogen-bond donors (Lipinski definition) is 3. The molecular weight excluding hydrogens is 346 g/mol. The monoisotopic (exact) mass is 369 g/mol. The summed E-state index contributed by atoms with van der Waals surface area (Å²) in [5.74, 6) is 2.73. The number of aliphatic hydroxyl groups is 1. The summed E-state index contributed by atoms with van der Waals surface area (Å²) in [6.07, 6.45) is 3.17. The molecule has 0 spiro atoms. The molecule has 1 aromatic carbocycles. The van der Waals surface area contributed by atoms with Gasteiger partial charge in [-0.25, -0.2) is 9.97 Å². The average Bonchev–Trinajstić information content (AvgIpc) is 3.21. The Hall–Kier alpha value is -2.09. The smallest absolute Gasteiger partial charge is 0.151 e. The van der Waals surface area contributed by atoms with E-state index in [0.717, 1.165) is 41.2 Å². The minimum atomic E-state index is -0.275. The summed E-state index contributed by atoms with van der Waals surface area (Å²) in [5, 5.41) is 10.4. The van der Waals surface area contributed by atoms with E-state index in [0.29, 0.717) is 18.3 Å². The maximum Gasteiger partial charge on any atom is 0.151 e. The third kappa shape index (κ3) is 3.70. The minimum Gasteiger partial charge on any atom is -0.391 e. The van der Waals surface area contributed by atoms with E-state index >= 15 is 0 Å². The molecule has 2 aromatic heterocycles. The second kappa shape index (κ2) is 7.65. The van der Waals surface area contributed by atoms with Gasteiger partial charge in [0.2, 0.25) is 0 Å². The van der Waals surface area contributed by atoms with Gasteiger partial charge in [-0.3, -0.25) is 4.90 Å². The molecule has 136 valence electrons. The van der Waals surface area contributed by atoms with Crippen molar-refractivity contribution < 1.29 is 5.11 Å². The molecule has 3 aromatic rings. The van der Waals surface area contributed by atoms with Crippen molar-refractivity contribution >= 4 is 28.6 Å². The number of nitrogens with zero attached hydrogens (tertiary/aromatic N) is 3. The standard InChI is InChI=1S/C19H23N5OS/c20-19-18-17(22-12-23-19)14(6-21-18)7-24-8-15(16(25)9-24)11-26-10-13-4-2-1-3-5-13/h1-6,12,15-16,21,25H,7-11H2,(H2,20,22,23)/t15-,16?/m1/s1. The number of nitrogen functional groups attached to an aromatic ring is 1. The van der Waals surface area contributed by atoms with E-state index in [1.807, 2.05) is 24.0 Å². The molecule has 2 atom stereocenters. The normalized spacial score (nSPS) is 20.8. The van der Waals surface area contributed by atoms with Crippen LogP contribution in [0.15, 0.2) is 42.9 Å². The zero-order valence-corrected chi connectivity index (χ0v) is 15.3. The highest BCUT2D eigenvalue weighted by atomic mass is 32.2. The Morgan fingerprint density at radius 3 is 2.92 bits per heavy atom. The summed E-state index contributed by atoms with van der Waals surface area (Å²) in [6.45, 7) is 2.35. The molecule has 0 amide bonds. The molecule has 3 heterocycles. The number of nitrogens with one attached hydrogen (secondary N) is 1. The molecule has 1 fully saturated rings. The van der Waals surface area contributed by atoms with Crippen molar-refractivity contribution in [1.82, 2.24) is 19.9 Å². The Bertz CT molecular complexity index is 869. The van der Waals surface area contributed by atoms with E-state index in [1.165, 1.54) is 11.9 Å². The number of fused-ring (bicyclic) bond motifs is 1. The fourth-order valence-corrected chi connectivity index (χ4v) is 4.69. The lowest BCUT2D eigenvalue weighted by atomic mass is 10.1. The highest BCUT2D eigenvalue weighted by molar-refractivity contribution is 7.98. The maximum atomic E-state index is 10.4. The zero-order chi connectivity index (χ0) is 17.9. The number of aliphatic hydroxyl groups excluding tert-OH is 1. The average molecular weight is 369 g/mol. The van der Waals surface area contributed by atoms with Crippen molar-refractivity contribution in [1.29, 1.82) is 0 Å². The van der Waals surface area contributed by atoms with E-state index in [1.54, 1.807) is 0 Å². The molecule has 1 unspecified atom stereocenters. The summed E-state index contributed by atoms with van der Waals surface area (Å²) in [5.41, 5.74) is 9.97. The first-order chi connectivity index (χ1) is 12.7. The first-order valence-electron chi connectivity index (χ1n) is 8.79. The predicted molar refractivity (Wildman–Crippen MR) is 106 cm³/mol. The zero-order valence-electron chi connectivity index (χ0n) is 14.5. The fourth-order valence-electron chi connectivity index (χ4n) is 3.51. The van der Waals surface area contributed by atoms with E-state index in [2.05, 4.69) is 44.1 Å². The van der Waals surface area contributed by atoms with Gasteiger partial charge in [-0.1, -0.05) is 30.3 Å². The van der Waals surface area contributed by atoms with Crippen LogP contribution < -0.4 is 5.73 Å². The molecule has 1 saturated heterocycles. The number of aromatic nitrogens is 3. The lowest BCUT2D eigenvalue weighted by Gasteiger charge is -2.15. The first-order valence-corrected chi connectivity index (χ1v) is 9.94. The van der Waals surface area contributed by atoms with Crippen LogP contribution in [-0.4, -0.2) is 49.9 Å². The van der Waals surface area contributed by atoms with Gasteiger partial charge in [-0.15, -0.1) is 0 Å². The number of hydrogen-bond acceptors (Lipinski definition) is 6. The van der Waals surface area contributed by atoms with Crippen LogP contribution in [0.25, 0.3) is 11.0 Å². The van der Waals surface area contributed by atoms with Crippen LogP contribution in [0.1, 0.15) is 11.1 Å². The van der Waals surface area contributed by atoms with Crippen LogP contribution in [0, 0.1) is 5.92 Å². The maximum absolute atomic E-state index is 10.4. The molecule has 26 heavy (non-hydrogen) atoms. The summed E-state index contributed by atoms with van der Waals surface area (Å²) < 4.78 is 0. The molecular formula is C19H23N5OS. The third-order valence-corrected chi connectivity index (χ3v) is 6.09. The lowest BCUT2D eigenvalue weighted by Crippen LogP contribution is -2.21. The van der Waals surface area contributed by atoms with Crippen molar-refractivity contribution in [2.24, 2.45) is 5.92 Å². The van der Waals surface area contributed by atoms with E-state index in [-0.39, 0.29) is 6.10 Å². The number of benzene rings is 1. The topological polar surface area (TPSA) is 91.1 Å². The highest BCUT2D eigenvalue weighted by Crippen LogP contribution is 2.27. The van der Waals surface area contributed by atoms with Crippen LogP contribution in [0.3, 0.4) is 0 Å². The quantitative estimate of drug-likeness (QED) is 0.617. The summed E-state index contributed by atoms with van der Waals surface area (Å²) in [7, 11) is 0. The van der Waals surface area contributed by atoms with Gasteiger partial charge in [0.1, 0.15) is 11.8 Å². The summed E-state index contributed by atoms with van der Waals surface area (Å²) >= 11 is 1.89. The molecule has 1 aliphatic heterocycles. The van der Waals surface area contributed by atoms with Gasteiger partial charge < -0.3 is 15.8 Å². The van der Waals surface area contributed by atoms with Gasteiger partial charge in [0.05, 0.1) is 11.6 Å². The lowest BCUT2D eigenvalue weighted by molar-refractivity contribution is 0.149. The van der Waals surface area contributed by atoms with Crippen molar-refractivity contribution in [3.8, 4) is 0 Å². The Balaban J connectivity index is 1.34. The van der Waals surface area contributed by atoms with Gasteiger partial charge in [0.25, 0.3) is 0 Å². The summed E-state index contributed by atoms with van der Waals surface area (Å²) in [4.78, 5) is 13.8. The van der Waals surface area contributed by atoms with Crippen molar-refractivity contribution in [3.63, 3.8) is 0 Å². The minimum absolute atomic E-state index is 0.275. The highest BCUT2D eigenvalue weighted by Gasteiger charge is 2.31. The Labute approximate surface area is 156 Å². The SMILES string of the molecule is Nc1ncnc2c(CN3CC(O)[C@@H](CSCc4ccccc4)C3)c[nH]c12. The van der Waals surface area contributed by atoms with Crippen LogP contribution >= 0.6 is 11.8 Å². The Kier molecular flexibility index (Phi) is 5.10. The molecule has 0 radical (unpaired) electrons. The molecule has 0 aliphatic carbocycles. The predicted octanol–water partition coefficient (Wildman–Crippen LogP) is 2.27. The van der Waals surface area contributed by atoms with Gasteiger partial charge in [0.15, 0.2) is 5.82 Å². The van der Waals surface area contributed by atoms with Crippen LogP contribution in [0.4, 0.5) is 5.82 Å². The molecule has 6 nitrogen and oxygen atoms in total. The number of thioether (sulfide) groups is 1. The van der Waals surface area contributed by atoms with Crippen molar-refractivity contribution in [3.05, 3.63) is 54.0 Å². The van der Waals surface area contributed by atoms with E-state index in [9.17, 15) is 5.11 Å². The summed E-state index contributed by atoms with van der Waals surface area (Å²) in [6, 6.07) is 10.5. The molecule has 0 bridgehead atoms. The number of aromatic amines is 1. The third-order valence-electron chi connectivity index (χ3n) is 4.89. The number of likely N-dealkylation sites (tertiary alicyclic amines) is 1. The van der Waals surface area contributed by atoms with E-state index < -0.39 is 0 Å². The number of anilines is 1. The van der Waals surface area contributed by atoms with Gasteiger partial charge in [-0.2, -0.15) is 11.8 Å².